The second kappa shape index (κ2) is 5.57. The van der Waals surface area contributed by atoms with Gasteiger partial charge in [0.1, 0.15) is 0 Å². The standard InChI is InChI=1S/C7H10.CH4O/c1-7-5-3-2-4-6-7;1-2/h2-3,5H,4,6H2,1H3;2H,1H3. The van der Waals surface area contributed by atoms with E-state index in [4.69, 9.17) is 5.11 Å². The van der Waals surface area contributed by atoms with Crippen molar-refractivity contribution in [1.29, 1.82) is 0 Å². The Kier molecular flexibility index (Phi) is 5.23. The molecule has 1 nitrogen and oxygen atoms in total. The normalized spacial score (nSPS) is 15.7. The van der Waals surface area contributed by atoms with Crippen molar-refractivity contribution in [2.75, 3.05) is 7.11 Å². The van der Waals surface area contributed by atoms with Crippen molar-refractivity contribution in [1.82, 2.24) is 0 Å². The molecule has 0 atom stereocenters. The van der Waals surface area contributed by atoms with E-state index in [2.05, 4.69) is 25.2 Å². The summed E-state index contributed by atoms with van der Waals surface area (Å²) in [6, 6.07) is 0. The molecular formula is C8H14O. The molecule has 0 radical (unpaired) electrons. The van der Waals surface area contributed by atoms with Gasteiger partial charge in [-0.25, -0.2) is 0 Å². The Morgan fingerprint density at radius 1 is 1.44 bits per heavy atom. The largest absolute Gasteiger partial charge is 0.400 e. The summed E-state index contributed by atoms with van der Waals surface area (Å²) in [5.41, 5.74) is 1.50. The van der Waals surface area contributed by atoms with E-state index in [9.17, 15) is 0 Å². The van der Waals surface area contributed by atoms with Crippen LogP contribution >= 0.6 is 0 Å². The molecule has 0 fully saturated rings. The van der Waals surface area contributed by atoms with Crippen LogP contribution in [0.4, 0.5) is 0 Å². The summed E-state index contributed by atoms with van der Waals surface area (Å²) in [5.74, 6) is 0. The van der Waals surface area contributed by atoms with Gasteiger partial charge >= 0.3 is 0 Å². The molecule has 1 N–H and O–H groups in total. The molecule has 0 saturated carbocycles. The molecule has 0 aromatic rings. The molecule has 9 heavy (non-hydrogen) atoms. The Morgan fingerprint density at radius 2 is 2.11 bits per heavy atom. The number of aliphatic hydroxyl groups excluding tert-OH is 1. The number of allylic oxidation sites excluding steroid dienone is 4. The predicted octanol–water partition coefficient (Wildman–Crippen LogP) is 1.89. The minimum atomic E-state index is 1.00. The zero-order valence-corrected chi connectivity index (χ0v) is 6.09. The van der Waals surface area contributed by atoms with Gasteiger partial charge in [0.05, 0.1) is 0 Å². The lowest BCUT2D eigenvalue weighted by atomic mass is 10.1. The van der Waals surface area contributed by atoms with E-state index in [-0.39, 0.29) is 0 Å². The van der Waals surface area contributed by atoms with Crippen LogP contribution in [0.15, 0.2) is 23.8 Å². The lowest BCUT2D eigenvalue weighted by Crippen LogP contribution is -1.78. The number of rotatable bonds is 0. The maximum absolute atomic E-state index is 7.00. The van der Waals surface area contributed by atoms with Crippen LogP contribution < -0.4 is 0 Å². The van der Waals surface area contributed by atoms with Crippen LogP contribution in [0.3, 0.4) is 0 Å². The molecule has 1 aliphatic carbocycles. The van der Waals surface area contributed by atoms with Crippen LogP contribution in [0.2, 0.25) is 0 Å². The van der Waals surface area contributed by atoms with E-state index >= 15 is 0 Å². The molecular weight excluding hydrogens is 112 g/mol. The zero-order valence-electron chi connectivity index (χ0n) is 6.09. The highest BCUT2D eigenvalue weighted by Gasteiger charge is 1.88. The monoisotopic (exact) mass is 126 g/mol. The smallest absolute Gasteiger partial charge is 0.0319 e. The Morgan fingerprint density at radius 3 is 2.33 bits per heavy atom. The first-order chi connectivity index (χ1) is 4.39. The molecule has 0 aliphatic heterocycles. The molecule has 0 unspecified atom stereocenters. The topological polar surface area (TPSA) is 20.2 Å². The van der Waals surface area contributed by atoms with Crippen molar-refractivity contribution in [3.63, 3.8) is 0 Å². The molecule has 0 aromatic heterocycles. The quantitative estimate of drug-likeness (QED) is 0.525. The van der Waals surface area contributed by atoms with Gasteiger partial charge < -0.3 is 5.11 Å². The lowest BCUT2D eigenvalue weighted by Gasteiger charge is -1.98. The molecule has 1 aliphatic rings. The van der Waals surface area contributed by atoms with Gasteiger partial charge in [-0.15, -0.1) is 0 Å². The van der Waals surface area contributed by atoms with Gasteiger partial charge in [-0.05, 0) is 19.8 Å². The summed E-state index contributed by atoms with van der Waals surface area (Å²) in [6.45, 7) is 2.17. The first-order valence-electron chi connectivity index (χ1n) is 3.16. The Balaban J connectivity index is 0.000000291. The molecule has 1 rings (SSSR count). The van der Waals surface area contributed by atoms with Gasteiger partial charge in [0.15, 0.2) is 0 Å². The third-order valence-electron chi connectivity index (χ3n) is 1.22. The average Bonchev–Trinajstić information content (AvgIpc) is 1.94. The van der Waals surface area contributed by atoms with E-state index < -0.39 is 0 Å². The third-order valence-corrected chi connectivity index (χ3v) is 1.22. The fraction of sp³-hybridized carbons (Fsp3) is 0.500. The van der Waals surface area contributed by atoms with Gasteiger partial charge in [-0.1, -0.05) is 23.8 Å². The first kappa shape index (κ1) is 8.44. The van der Waals surface area contributed by atoms with Crippen molar-refractivity contribution < 1.29 is 5.11 Å². The fourth-order valence-corrected chi connectivity index (χ4v) is 0.723. The van der Waals surface area contributed by atoms with Crippen LogP contribution in [-0.4, -0.2) is 12.2 Å². The fourth-order valence-electron chi connectivity index (χ4n) is 0.723. The minimum absolute atomic E-state index is 1.00. The predicted molar refractivity (Wildman–Crippen MR) is 40.3 cm³/mol. The maximum atomic E-state index is 7.00. The zero-order chi connectivity index (χ0) is 7.11. The van der Waals surface area contributed by atoms with Gasteiger partial charge in [-0.2, -0.15) is 0 Å². The van der Waals surface area contributed by atoms with Crippen molar-refractivity contribution in [2.45, 2.75) is 19.8 Å². The summed E-state index contributed by atoms with van der Waals surface area (Å²) in [7, 11) is 1.00. The van der Waals surface area contributed by atoms with Crippen LogP contribution in [0.1, 0.15) is 19.8 Å². The SMILES string of the molecule is CC1=CC=CCC1.CO. The highest BCUT2D eigenvalue weighted by molar-refractivity contribution is 5.15. The number of aliphatic hydroxyl groups is 1. The lowest BCUT2D eigenvalue weighted by molar-refractivity contribution is 0.399. The van der Waals surface area contributed by atoms with Crippen molar-refractivity contribution >= 4 is 0 Å². The van der Waals surface area contributed by atoms with Gasteiger partial charge in [0.2, 0.25) is 0 Å². The molecule has 0 saturated heterocycles. The van der Waals surface area contributed by atoms with E-state index in [0.29, 0.717) is 0 Å². The highest BCUT2D eigenvalue weighted by atomic mass is 16.2. The van der Waals surface area contributed by atoms with E-state index in [1.165, 1.54) is 18.4 Å². The summed E-state index contributed by atoms with van der Waals surface area (Å²) in [6.07, 6.45) is 8.99. The molecule has 0 aromatic carbocycles. The van der Waals surface area contributed by atoms with Crippen LogP contribution in [0.25, 0.3) is 0 Å². The second-order valence-electron chi connectivity index (χ2n) is 1.98. The van der Waals surface area contributed by atoms with Crippen LogP contribution in [0, 0.1) is 0 Å². The minimum Gasteiger partial charge on any atom is -0.400 e. The molecule has 0 heterocycles. The second-order valence-corrected chi connectivity index (χ2v) is 1.98. The molecule has 52 valence electrons. The van der Waals surface area contributed by atoms with Crippen molar-refractivity contribution in [3.8, 4) is 0 Å². The molecule has 0 amide bonds. The number of hydrogen-bond acceptors (Lipinski definition) is 1. The Bertz CT molecular complexity index is 112. The van der Waals surface area contributed by atoms with Crippen LogP contribution in [-0.2, 0) is 0 Å². The summed E-state index contributed by atoms with van der Waals surface area (Å²) < 4.78 is 0. The Labute approximate surface area is 56.7 Å². The third kappa shape index (κ3) is 3.98. The van der Waals surface area contributed by atoms with E-state index in [1.807, 2.05) is 0 Å². The van der Waals surface area contributed by atoms with E-state index in [1.54, 1.807) is 0 Å². The summed E-state index contributed by atoms with van der Waals surface area (Å²) >= 11 is 0. The van der Waals surface area contributed by atoms with Gasteiger partial charge in [0.25, 0.3) is 0 Å². The summed E-state index contributed by atoms with van der Waals surface area (Å²) in [5, 5.41) is 7.00. The highest BCUT2D eigenvalue weighted by Crippen LogP contribution is 2.08. The maximum Gasteiger partial charge on any atom is 0.0319 e. The van der Waals surface area contributed by atoms with Crippen molar-refractivity contribution in [3.05, 3.63) is 23.8 Å². The van der Waals surface area contributed by atoms with Crippen LogP contribution in [0.5, 0.6) is 0 Å². The first-order valence-corrected chi connectivity index (χ1v) is 3.16. The average molecular weight is 126 g/mol. The summed E-state index contributed by atoms with van der Waals surface area (Å²) in [4.78, 5) is 0. The molecule has 0 bridgehead atoms. The van der Waals surface area contributed by atoms with Gasteiger partial charge in [-0.3, -0.25) is 0 Å². The Hall–Kier alpha value is -0.560. The number of hydrogen-bond donors (Lipinski definition) is 1. The molecule has 0 spiro atoms. The van der Waals surface area contributed by atoms with Crippen molar-refractivity contribution in [2.24, 2.45) is 0 Å². The molecule has 1 heteroatoms. The van der Waals surface area contributed by atoms with Gasteiger partial charge in [0, 0.05) is 7.11 Å². The van der Waals surface area contributed by atoms with E-state index in [0.717, 1.165) is 7.11 Å².